The molecule has 0 aliphatic heterocycles. The lowest BCUT2D eigenvalue weighted by molar-refractivity contribution is -0.384. The van der Waals surface area contributed by atoms with Crippen molar-refractivity contribution in [2.45, 2.75) is 13.0 Å². The Morgan fingerprint density at radius 1 is 1.10 bits per heavy atom. The fourth-order valence-electron chi connectivity index (χ4n) is 2.81. The second-order valence-electron chi connectivity index (χ2n) is 6.89. The van der Waals surface area contributed by atoms with E-state index in [-0.39, 0.29) is 12.3 Å². The summed E-state index contributed by atoms with van der Waals surface area (Å²) in [5.74, 6) is 0.647. The smallest absolute Gasteiger partial charge is 0.269 e. The van der Waals surface area contributed by atoms with Crippen LogP contribution in [0.15, 0.2) is 59.6 Å². The second-order valence-corrected chi connectivity index (χ2v) is 6.89. The first-order valence-electron chi connectivity index (χ1n) is 10.3. The zero-order valence-corrected chi connectivity index (χ0v) is 17.9. The fourth-order valence-corrected chi connectivity index (χ4v) is 2.81. The Kier molecular flexibility index (Phi) is 10.8. The van der Waals surface area contributed by atoms with Crippen LogP contribution in [-0.4, -0.2) is 62.5 Å². The number of ether oxygens (including phenoxy) is 1. The third-order valence-corrected chi connectivity index (χ3v) is 4.50. The van der Waals surface area contributed by atoms with Crippen LogP contribution in [0.5, 0.6) is 0 Å². The maximum absolute atomic E-state index is 10.8. The molecule has 9 heteroatoms. The molecule has 0 aliphatic rings. The van der Waals surface area contributed by atoms with Gasteiger partial charge in [-0.3, -0.25) is 10.1 Å². The summed E-state index contributed by atoms with van der Waals surface area (Å²) in [6.07, 6.45) is 0.921. The lowest BCUT2D eigenvalue weighted by Crippen LogP contribution is -2.40. The molecule has 2 aromatic carbocycles. The Bertz CT molecular complexity index is 799. The predicted octanol–water partition coefficient (Wildman–Crippen LogP) is 2.17. The van der Waals surface area contributed by atoms with Gasteiger partial charge in [0.15, 0.2) is 5.96 Å². The number of hydrogen-bond acceptors (Lipinski definition) is 6. The van der Waals surface area contributed by atoms with E-state index < -0.39 is 4.92 Å². The van der Waals surface area contributed by atoms with Gasteiger partial charge in [0.1, 0.15) is 0 Å². The number of rotatable bonds is 13. The zero-order valence-electron chi connectivity index (χ0n) is 17.9. The zero-order chi connectivity index (χ0) is 22.3. The molecule has 168 valence electrons. The number of aliphatic imine (C=N–C) groups is 1. The van der Waals surface area contributed by atoms with Gasteiger partial charge in [-0.2, -0.15) is 0 Å². The molecule has 0 fully saturated rings. The van der Waals surface area contributed by atoms with Gasteiger partial charge in [0.25, 0.3) is 5.69 Å². The van der Waals surface area contributed by atoms with Crippen molar-refractivity contribution < 1.29 is 14.8 Å². The van der Waals surface area contributed by atoms with E-state index in [2.05, 4.69) is 39.7 Å². The molecule has 0 amide bonds. The molecule has 0 radical (unpaired) electrons. The number of benzene rings is 2. The number of anilines is 1. The third-order valence-electron chi connectivity index (χ3n) is 4.50. The highest BCUT2D eigenvalue weighted by molar-refractivity contribution is 5.79. The Morgan fingerprint density at radius 2 is 1.81 bits per heavy atom. The largest absolute Gasteiger partial charge is 0.394 e. The number of nitro benzene ring substituents is 1. The van der Waals surface area contributed by atoms with E-state index in [0.717, 1.165) is 25.1 Å². The lowest BCUT2D eigenvalue weighted by Gasteiger charge is -2.19. The number of non-ortho nitro benzene ring substituents is 1. The van der Waals surface area contributed by atoms with Crippen LogP contribution in [0.4, 0.5) is 11.4 Å². The monoisotopic (exact) mass is 429 g/mol. The van der Waals surface area contributed by atoms with E-state index in [9.17, 15) is 10.1 Å². The number of nitrogens with one attached hydrogen (secondary N) is 2. The summed E-state index contributed by atoms with van der Waals surface area (Å²) in [7, 11) is 2.07. The highest BCUT2D eigenvalue weighted by atomic mass is 16.6. The normalized spacial score (nSPS) is 11.2. The molecule has 0 unspecified atom stereocenters. The van der Waals surface area contributed by atoms with Gasteiger partial charge in [0.05, 0.1) is 31.3 Å². The van der Waals surface area contributed by atoms with Crippen molar-refractivity contribution in [2.24, 2.45) is 4.99 Å². The number of hydrogen-bond donors (Lipinski definition) is 3. The molecule has 0 heterocycles. The summed E-state index contributed by atoms with van der Waals surface area (Å²) in [5, 5.41) is 26.1. The molecule has 31 heavy (non-hydrogen) atoms. The Morgan fingerprint density at radius 3 is 2.48 bits per heavy atom. The van der Waals surface area contributed by atoms with Crippen molar-refractivity contribution in [2.75, 3.05) is 51.4 Å². The summed E-state index contributed by atoms with van der Waals surface area (Å²) < 4.78 is 5.27. The van der Waals surface area contributed by atoms with Crippen LogP contribution in [0.2, 0.25) is 0 Å². The summed E-state index contributed by atoms with van der Waals surface area (Å²) in [4.78, 5) is 17.1. The topological polar surface area (TPSA) is 112 Å². The van der Waals surface area contributed by atoms with Gasteiger partial charge in [-0.05, 0) is 24.1 Å². The van der Waals surface area contributed by atoms with Crippen molar-refractivity contribution in [1.29, 1.82) is 0 Å². The summed E-state index contributed by atoms with van der Waals surface area (Å²) in [6, 6.07) is 16.6. The number of guanidine groups is 1. The van der Waals surface area contributed by atoms with Crippen LogP contribution in [0.25, 0.3) is 0 Å². The van der Waals surface area contributed by atoms with E-state index in [1.165, 1.54) is 17.8 Å². The number of nitrogens with zero attached hydrogens (tertiary/aromatic N) is 3. The van der Waals surface area contributed by atoms with E-state index in [1.54, 1.807) is 12.1 Å². The SMILES string of the molecule is CN(CCCNC(=NCc1ccc([N+](=O)[O-])cc1)NCCOCCO)c1ccccc1. The molecule has 2 aromatic rings. The summed E-state index contributed by atoms with van der Waals surface area (Å²) >= 11 is 0. The van der Waals surface area contributed by atoms with Gasteiger partial charge < -0.3 is 25.4 Å². The molecule has 0 saturated heterocycles. The van der Waals surface area contributed by atoms with Gasteiger partial charge in [-0.25, -0.2) is 4.99 Å². The molecule has 3 N–H and O–H groups in total. The van der Waals surface area contributed by atoms with Crippen LogP contribution in [0.3, 0.4) is 0 Å². The first kappa shape index (κ1) is 24.1. The van der Waals surface area contributed by atoms with E-state index in [4.69, 9.17) is 9.84 Å². The number of para-hydroxylation sites is 1. The Labute approximate surface area is 182 Å². The fraction of sp³-hybridized carbons (Fsp3) is 0.409. The molecule has 0 bridgehead atoms. The predicted molar refractivity (Wildman–Crippen MR) is 122 cm³/mol. The maximum atomic E-state index is 10.8. The van der Waals surface area contributed by atoms with Gasteiger partial charge in [0.2, 0.25) is 0 Å². The molecule has 0 spiro atoms. The van der Waals surface area contributed by atoms with E-state index >= 15 is 0 Å². The highest BCUT2D eigenvalue weighted by Gasteiger charge is 2.05. The summed E-state index contributed by atoms with van der Waals surface area (Å²) in [5.41, 5.74) is 2.12. The van der Waals surface area contributed by atoms with Crippen molar-refractivity contribution in [1.82, 2.24) is 10.6 Å². The molecule has 0 aromatic heterocycles. The molecule has 0 saturated carbocycles. The quantitative estimate of drug-likeness (QED) is 0.147. The minimum atomic E-state index is -0.416. The van der Waals surface area contributed by atoms with Gasteiger partial charge in [-0.1, -0.05) is 30.3 Å². The number of aliphatic hydroxyl groups excluding tert-OH is 1. The lowest BCUT2D eigenvalue weighted by atomic mass is 10.2. The minimum absolute atomic E-state index is 0.00568. The van der Waals surface area contributed by atoms with Crippen molar-refractivity contribution in [3.63, 3.8) is 0 Å². The molecule has 0 atom stereocenters. The van der Waals surface area contributed by atoms with Gasteiger partial charge in [-0.15, -0.1) is 0 Å². The van der Waals surface area contributed by atoms with Crippen molar-refractivity contribution in [3.8, 4) is 0 Å². The van der Waals surface area contributed by atoms with Crippen LogP contribution in [-0.2, 0) is 11.3 Å². The van der Waals surface area contributed by atoms with Gasteiger partial charge >= 0.3 is 0 Å². The Balaban J connectivity index is 1.84. The van der Waals surface area contributed by atoms with Crippen molar-refractivity contribution >= 4 is 17.3 Å². The molecule has 2 rings (SSSR count). The minimum Gasteiger partial charge on any atom is -0.394 e. The maximum Gasteiger partial charge on any atom is 0.269 e. The molecule has 0 aliphatic carbocycles. The molecular weight excluding hydrogens is 398 g/mol. The van der Waals surface area contributed by atoms with Crippen LogP contribution < -0.4 is 15.5 Å². The molecule has 9 nitrogen and oxygen atoms in total. The van der Waals surface area contributed by atoms with Crippen molar-refractivity contribution in [3.05, 3.63) is 70.3 Å². The number of nitro groups is 1. The first-order chi connectivity index (χ1) is 15.1. The highest BCUT2D eigenvalue weighted by Crippen LogP contribution is 2.12. The third kappa shape index (κ3) is 9.45. The average molecular weight is 430 g/mol. The summed E-state index contributed by atoms with van der Waals surface area (Å²) in [6.45, 7) is 3.33. The van der Waals surface area contributed by atoms with Gasteiger partial charge in [0, 0.05) is 44.5 Å². The van der Waals surface area contributed by atoms with Crippen LogP contribution >= 0.6 is 0 Å². The van der Waals surface area contributed by atoms with Crippen LogP contribution in [0, 0.1) is 10.1 Å². The number of aliphatic hydroxyl groups is 1. The van der Waals surface area contributed by atoms with E-state index in [0.29, 0.717) is 32.3 Å². The van der Waals surface area contributed by atoms with Crippen LogP contribution in [0.1, 0.15) is 12.0 Å². The Hall–Kier alpha value is -3.17. The second kappa shape index (κ2) is 13.9. The molecular formula is C22H31N5O4. The standard InChI is InChI=1S/C22H31N5O4/c1-26(20-6-3-2-4-7-20)14-5-12-23-22(24-13-16-31-17-15-28)25-18-19-8-10-21(11-9-19)27(29)30/h2-4,6-11,28H,5,12-18H2,1H3,(H2,23,24,25). The van der Waals surface area contributed by atoms with E-state index in [1.807, 2.05) is 18.2 Å². The first-order valence-corrected chi connectivity index (χ1v) is 10.3. The average Bonchev–Trinajstić information content (AvgIpc) is 2.80.